The van der Waals surface area contributed by atoms with Crippen LogP contribution in [0.1, 0.15) is 43.7 Å². The van der Waals surface area contributed by atoms with E-state index < -0.39 is 0 Å². The van der Waals surface area contributed by atoms with Gasteiger partial charge in [-0.3, -0.25) is 14.5 Å². The first-order valence-electron chi connectivity index (χ1n) is 13.7. The van der Waals surface area contributed by atoms with Crippen LogP contribution >= 0.6 is 34.8 Å². The Hall–Kier alpha value is -3.17. The number of carbonyl (C=O) groups is 2. The smallest absolute Gasteiger partial charge is 0.243 e. The summed E-state index contributed by atoms with van der Waals surface area (Å²) in [5.74, 6) is -0.250. The molecule has 1 aliphatic rings. The Balaban J connectivity index is 1.20. The van der Waals surface area contributed by atoms with Crippen LogP contribution in [-0.4, -0.2) is 42.1 Å². The van der Waals surface area contributed by atoms with E-state index in [1.807, 2.05) is 18.2 Å². The van der Waals surface area contributed by atoms with Crippen molar-refractivity contribution in [2.24, 2.45) is 11.0 Å². The highest BCUT2D eigenvalue weighted by Gasteiger charge is 2.25. The first-order valence-corrected chi connectivity index (χ1v) is 14.8. The highest BCUT2D eigenvalue weighted by molar-refractivity contribution is 6.35. The predicted molar refractivity (Wildman–Crippen MR) is 166 cm³/mol. The second-order valence-electron chi connectivity index (χ2n) is 10.1. The molecule has 0 saturated carbocycles. The molecule has 1 aliphatic heterocycles. The number of amides is 2. The number of hydrazone groups is 1. The number of piperidine rings is 1. The summed E-state index contributed by atoms with van der Waals surface area (Å²) in [7, 11) is 0. The molecule has 7 nitrogen and oxygen atoms in total. The molecule has 1 heterocycles. The maximum atomic E-state index is 13.3. The molecule has 42 heavy (non-hydrogen) atoms. The Kier molecular flexibility index (Phi) is 11.6. The lowest BCUT2D eigenvalue weighted by atomic mass is 9.96. The van der Waals surface area contributed by atoms with Gasteiger partial charge < -0.3 is 10.1 Å². The van der Waals surface area contributed by atoms with Crippen molar-refractivity contribution in [2.75, 3.05) is 25.0 Å². The normalized spacial score (nSPS) is 14.5. The van der Waals surface area contributed by atoms with Crippen LogP contribution in [0.3, 0.4) is 0 Å². The summed E-state index contributed by atoms with van der Waals surface area (Å²) in [6, 6.07) is 16.7. The number of ether oxygens (including phenoxy) is 1. The molecule has 4 rings (SSSR count). The van der Waals surface area contributed by atoms with Crippen molar-refractivity contribution < 1.29 is 18.7 Å². The van der Waals surface area contributed by atoms with Gasteiger partial charge in [0.2, 0.25) is 11.8 Å². The van der Waals surface area contributed by atoms with E-state index in [-0.39, 0.29) is 30.0 Å². The zero-order valence-electron chi connectivity index (χ0n) is 23.1. The third kappa shape index (κ3) is 9.42. The molecule has 1 fully saturated rings. The van der Waals surface area contributed by atoms with Crippen molar-refractivity contribution >= 4 is 58.0 Å². The van der Waals surface area contributed by atoms with E-state index >= 15 is 0 Å². The lowest BCUT2D eigenvalue weighted by Crippen LogP contribution is -2.39. The van der Waals surface area contributed by atoms with Crippen molar-refractivity contribution in [3.05, 3.63) is 92.7 Å². The molecular formula is C31H32Cl3FN4O3. The van der Waals surface area contributed by atoms with Gasteiger partial charge in [-0.1, -0.05) is 53.0 Å². The molecule has 3 aromatic rings. The molecule has 0 atom stereocenters. The van der Waals surface area contributed by atoms with E-state index in [1.54, 1.807) is 37.3 Å². The Bertz CT molecular complexity index is 1440. The van der Waals surface area contributed by atoms with Gasteiger partial charge in [-0.15, -0.1) is 0 Å². The van der Waals surface area contributed by atoms with Crippen LogP contribution in [0.25, 0.3) is 0 Å². The fourth-order valence-electron chi connectivity index (χ4n) is 4.59. The summed E-state index contributed by atoms with van der Waals surface area (Å²) in [4.78, 5) is 27.4. The number of nitrogens with one attached hydrogen (secondary N) is 2. The topological polar surface area (TPSA) is 83.0 Å². The van der Waals surface area contributed by atoms with Crippen LogP contribution in [0.2, 0.25) is 15.1 Å². The SMILES string of the molecule is C/C(=N/NC(=O)C1CCN(Cc2ccc(F)cc2Cl)CC1)c1cccc(NC(=O)CCCOc2ccc(Cl)cc2Cl)c1. The summed E-state index contributed by atoms with van der Waals surface area (Å²) in [5.41, 5.74) is 5.60. The second-order valence-corrected chi connectivity index (χ2v) is 11.4. The molecular weight excluding hydrogens is 602 g/mol. The first-order chi connectivity index (χ1) is 20.2. The summed E-state index contributed by atoms with van der Waals surface area (Å²) in [6.45, 7) is 4.22. The van der Waals surface area contributed by atoms with Gasteiger partial charge in [-0.25, -0.2) is 9.82 Å². The van der Waals surface area contributed by atoms with Crippen molar-refractivity contribution in [2.45, 2.75) is 39.2 Å². The molecule has 2 amide bonds. The summed E-state index contributed by atoms with van der Waals surface area (Å²) >= 11 is 18.2. The van der Waals surface area contributed by atoms with Crippen molar-refractivity contribution in [3.8, 4) is 5.75 Å². The minimum atomic E-state index is -0.356. The lowest BCUT2D eigenvalue weighted by Gasteiger charge is -2.31. The van der Waals surface area contributed by atoms with Gasteiger partial charge in [-0.05, 0) is 92.9 Å². The largest absolute Gasteiger partial charge is 0.492 e. The van der Waals surface area contributed by atoms with Crippen molar-refractivity contribution in [1.82, 2.24) is 10.3 Å². The number of rotatable bonds is 11. The molecule has 0 aliphatic carbocycles. The zero-order chi connectivity index (χ0) is 30.1. The van der Waals surface area contributed by atoms with Gasteiger partial charge in [0, 0.05) is 34.6 Å². The zero-order valence-corrected chi connectivity index (χ0v) is 25.4. The average molecular weight is 634 g/mol. The van der Waals surface area contributed by atoms with Crippen molar-refractivity contribution in [3.63, 3.8) is 0 Å². The van der Waals surface area contributed by atoms with Crippen LogP contribution in [0.5, 0.6) is 5.75 Å². The third-order valence-electron chi connectivity index (χ3n) is 6.97. The first kappa shape index (κ1) is 31.8. The van der Waals surface area contributed by atoms with Crippen LogP contribution in [0.15, 0.2) is 65.8 Å². The molecule has 3 aromatic carbocycles. The van der Waals surface area contributed by atoms with E-state index in [2.05, 4.69) is 20.7 Å². The number of hydrogen-bond donors (Lipinski definition) is 2. The van der Waals surface area contributed by atoms with Crippen LogP contribution in [-0.2, 0) is 16.1 Å². The van der Waals surface area contributed by atoms with Crippen LogP contribution in [0.4, 0.5) is 10.1 Å². The monoisotopic (exact) mass is 632 g/mol. The molecule has 1 saturated heterocycles. The number of halogens is 4. The average Bonchev–Trinajstić information content (AvgIpc) is 2.96. The quantitative estimate of drug-likeness (QED) is 0.132. The summed E-state index contributed by atoms with van der Waals surface area (Å²) < 4.78 is 18.9. The molecule has 0 aromatic heterocycles. The number of nitrogens with zero attached hydrogens (tertiary/aromatic N) is 2. The lowest BCUT2D eigenvalue weighted by molar-refractivity contribution is -0.126. The van der Waals surface area contributed by atoms with Gasteiger partial charge in [0.05, 0.1) is 17.3 Å². The van der Waals surface area contributed by atoms with E-state index in [0.717, 1.165) is 24.2 Å². The van der Waals surface area contributed by atoms with Crippen molar-refractivity contribution in [1.29, 1.82) is 0 Å². The molecule has 11 heteroatoms. The molecule has 0 unspecified atom stereocenters. The Labute approximate surface area is 260 Å². The Morgan fingerprint density at radius 3 is 2.55 bits per heavy atom. The number of anilines is 1. The third-order valence-corrected chi connectivity index (χ3v) is 7.85. The fourth-order valence-corrected chi connectivity index (χ4v) is 5.28. The second kappa shape index (κ2) is 15.3. The molecule has 0 spiro atoms. The minimum absolute atomic E-state index is 0.125. The molecule has 0 radical (unpaired) electrons. The predicted octanol–water partition coefficient (Wildman–Crippen LogP) is 7.34. The molecule has 222 valence electrons. The van der Waals surface area contributed by atoms with Crippen LogP contribution in [0, 0.1) is 11.7 Å². The summed E-state index contributed by atoms with van der Waals surface area (Å²) in [5, 5.41) is 8.55. The van der Waals surface area contributed by atoms with Gasteiger partial charge in [0.25, 0.3) is 0 Å². The standard InChI is InChI=1S/C31H32Cl3FN4O3/c1-20(37-38-31(41)21-11-13-39(14-12-21)19-23-7-9-25(35)18-27(23)33)22-4-2-5-26(16-22)36-30(40)6-3-15-42-29-10-8-24(32)17-28(29)34/h2,4-5,7-10,16-18,21H,3,6,11-15,19H2,1H3,(H,36,40)(H,38,41)/b37-20-. The van der Waals surface area contributed by atoms with E-state index in [1.165, 1.54) is 12.1 Å². The Morgan fingerprint density at radius 1 is 1.02 bits per heavy atom. The van der Waals surface area contributed by atoms with E-state index in [0.29, 0.717) is 64.6 Å². The number of hydrogen-bond acceptors (Lipinski definition) is 5. The van der Waals surface area contributed by atoms with E-state index in [9.17, 15) is 14.0 Å². The minimum Gasteiger partial charge on any atom is -0.492 e. The van der Waals surface area contributed by atoms with Gasteiger partial charge >= 0.3 is 0 Å². The van der Waals surface area contributed by atoms with Gasteiger partial charge in [-0.2, -0.15) is 5.10 Å². The highest BCUT2D eigenvalue weighted by atomic mass is 35.5. The number of benzene rings is 3. The number of carbonyl (C=O) groups excluding carboxylic acids is 2. The fraction of sp³-hybridized carbons (Fsp3) is 0.323. The maximum absolute atomic E-state index is 13.3. The number of likely N-dealkylation sites (tertiary alicyclic amines) is 1. The molecule has 2 N–H and O–H groups in total. The summed E-state index contributed by atoms with van der Waals surface area (Å²) in [6.07, 6.45) is 2.17. The van der Waals surface area contributed by atoms with Gasteiger partial charge in [0.15, 0.2) is 0 Å². The maximum Gasteiger partial charge on any atom is 0.243 e. The van der Waals surface area contributed by atoms with Gasteiger partial charge in [0.1, 0.15) is 11.6 Å². The Morgan fingerprint density at radius 2 is 1.81 bits per heavy atom. The van der Waals surface area contributed by atoms with Crippen LogP contribution < -0.4 is 15.5 Å². The molecule has 0 bridgehead atoms. The highest BCUT2D eigenvalue weighted by Crippen LogP contribution is 2.28. The van der Waals surface area contributed by atoms with E-state index in [4.69, 9.17) is 39.5 Å².